The van der Waals surface area contributed by atoms with Crippen molar-refractivity contribution in [3.05, 3.63) is 33.9 Å². The summed E-state index contributed by atoms with van der Waals surface area (Å²) in [5.41, 5.74) is 5.27. The van der Waals surface area contributed by atoms with Crippen LogP contribution in [0.1, 0.15) is 17.3 Å². The van der Waals surface area contributed by atoms with Crippen LogP contribution in [0.2, 0.25) is 0 Å². The first-order chi connectivity index (χ1) is 8.51. The van der Waals surface area contributed by atoms with Crippen molar-refractivity contribution >= 4 is 11.6 Å². The molecule has 0 aliphatic rings. The fourth-order valence-corrected chi connectivity index (χ4v) is 1.42. The average Bonchev–Trinajstić information content (AvgIpc) is 2.37. The van der Waals surface area contributed by atoms with Gasteiger partial charge >= 0.3 is 5.69 Å². The third-order valence-corrected chi connectivity index (χ3v) is 2.37. The highest BCUT2D eigenvalue weighted by Crippen LogP contribution is 2.30. The van der Waals surface area contributed by atoms with Gasteiger partial charge in [0.25, 0.3) is 5.91 Å². The molecule has 0 bridgehead atoms. The largest absolute Gasteiger partial charge is 0.490 e. The van der Waals surface area contributed by atoms with Crippen molar-refractivity contribution in [2.24, 2.45) is 5.73 Å². The summed E-state index contributed by atoms with van der Waals surface area (Å²) in [6.45, 7) is 2.02. The lowest BCUT2D eigenvalue weighted by atomic mass is 10.1. The van der Waals surface area contributed by atoms with Crippen LogP contribution in [-0.4, -0.2) is 30.5 Å². The lowest BCUT2D eigenvalue weighted by Gasteiger charge is -2.13. The number of hydrogen-bond acceptors (Lipinski definition) is 5. The number of carbonyl (C=O) groups is 1. The molecule has 1 aromatic rings. The predicted octanol–water partition coefficient (Wildman–Crippen LogP) is 0.680. The van der Waals surface area contributed by atoms with E-state index in [9.17, 15) is 14.9 Å². The van der Waals surface area contributed by atoms with Gasteiger partial charge in [-0.05, 0) is 13.0 Å². The van der Waals surface area contributed by atoms with E-state index < -0.39 is 10.8 Å². The predicted molar refractivity (Wildman–Crippen MR) is 65.6 cm³/mol. The Balaban J connectivity index is 3.12. The lowest BCUT2D eigenvalue weighted by Crippen LogP contribution is -2.37. The van der Waals surface area contributed by atoms with Gasteiger partial charge in [-0.3, -0.25) is 14.9 Å². The Labute approximate surface area is 104 Å². The van der Waals surface area contributed by atoms with Crippen molar-refractivity contribution in [3.8, 4) is 5.75 Å². The van der Waals surface area contributed by atoms with Crippen LogP contribution in [0.3, 0.4) is 0 Å². The zero-order chi connectivity index (χ0) is 13.7. The minimum absolute atomic E-state index is 0.0516. The number of rotatable bonds is 5. The molecule has 7 nitrogen and oxygen atoms in total. The molecule has 0 unspecified atom stereocenters. The number of nitrogens with two attached hydrogens (primary N) is 1. The number of hydrogen-bond donors (Lipinski definition) is 2. The van der Waals surface area contributed by atoms with E-state index in [1.165, 1.54) is 25.3 Å². The molecular formula is C11H15N3O4. The zero-order valence-corrected chi connectivity index (χ0v) is 10.2. The lowest BCUT2D eigenvalue weighted by molar-refractivity contribution is -0.385. The molecule has 0 saturated carbocycles. The van der Waals surface area contributed by atoms with Crippen LogP contribution >= 0.6 is 0 Å². The molecule has 0 aliphatic heterocycles. The van der Waals surface area contributed by atoms with Crippen molar-refractivity contribution in [1.82, 2.24) is 5.32 Å². The molecule has 0 saturated heterocycles. The molecule has 0 spiro atoms. The zero-order valence-electron chi connectivity index (χ0n) is 10.2. The Kier molecular flexibility index (Phi) is 4.61. The quantitative estimate of drug-likeness (QED) is 0.592. The van der Waals surface area contributed by atoms with Gasteiger partial charge in [0.05, 0.1) is 17.6 Å². The van der Waals surface area contributed by atoms with E-state index in [0.29, 0.717) is 0 Å². The maximum absolute atomic E-state index is 11.9. The molecular weight excluding hydrogens is 238 g/mol. The Hall–Kier alpha value is -2.15. The fourth-order valence-electron chi connectivity index (χ4n) is 1.42. The van der Waals surface area contributed by atoms with Crippen LogP contribution in [0.15, 0.2) is 18.2 Å². The number of amides is 1. The first-order valence-corrected chi connectivity index (χ1v) is 5.33. The molecule has 0 fully saturated rings. The van der Waals surface area contributed by atoms with Gasteiger partial charge in [0.15, 0.2) is 0 Å². The van der Waals surface area contributed by atoms with E-state index in [0.717, 1.165) is 0 Å². The number of ether oxygens (including phenoxy) is 1. The second-order valence-corrected chi connectivity index (χ2v) is 3.73. The maximum Gasteiger partial charge on any atom is 0.311 e. The molecule has 1 rings (SSSR count). The number of nitro groups is 1. The molecule has 0 aliphatic carbocycles. The summed E-state index contributed by atoms with van der Waals surface area (Å²) >= 11 is 0. The smallest absolute Gasteiger partial charge is 0.311 e. The number of carbonyl (C=O) groups excluding carboxylic acids is 1. The summed E-state index contributed by atoms with van der Waals surface area (Å²) in [6.07, 6.45) is 0. The van der Waals surface area contributed by atoms with Gasteiger partial charge in [-0.2, -0.15) is 0 Å². The summed E-state index contributed by atoms with van der Waals surface area (Å²) in [4.78, 5) is 22.1. The Bertz CT molecular complexity index is 462. The van der Waals surface area contributed by atoms with Crippen molar-refractivity contribution < 1.29 is 14.5 Å². The highest BCUT2D eigenvalue weighted by molar-refractivity contribution is 5.98. The van der Waals surface area contributed by atoms with E-state index in [4.69, 9.17) is 10.5 Å². The van der Waals surface area contributed by atoms with E-state index in [1.54, 1.807) is 6.92 Å². The van der Waals surface area contributed by atoms with Gasteiger partial charge in [0.1, 0.15) is 0 Å². The normalized spacial score (nSPS) is 11.7. The van der Waals surface area contributed by atoms with E-state index in [-0.39, 0.29) is 29.6 Å². The van der Waals surface area contributed by atoms with Crippen LogP contribution in [0.25, 0.3) is 0 Å². The van der Waals surface area contributed by atoms with E-state index >= 15 is 0 Å². The number of nitrogens with zero attached hydrogens (tertiary/aromatic N) is 1. The number of nitro benzene ring substituents is 1. The van der Waals surface area contributed by atoms with Gasteiger partial charge in [0.2, 0.25) is 5.75 Å². The van der Waals surface area contributed by atoms with Gasteiger partial charge < -0.3 is 15.8 Å². The number of para-hydroxylation sites is 1. The Morgan fingerprint density at radius 3 is 2.78 bits per heavy atom. The summed E-state index contributed by atoms with van der Waals surface area (Å²) in [5.74, 6) is -0.502. The topological polar surface area (TPSA) is 107 Å². The standard InChI is InChI=1S/C11H15N3O4/c1-7(6-12)13-11(15)8-4-3-5-9(14(16)17)10(8)18-2/h3-5,7H,6,12H2,1-2H3,(H,13,15)/t7-/m1/s1. The number of benzene rings is 1. The molecule has 0 aromatic heterocycles. The molecule has 1 atom stereocenters. The van der Waals surface area contributed by atoms with Crippen molar-refractivity contribution in [2.45, 2.75) is 13.0 Å². The molecule has 7 heteroatoms. The highest BCUT2D eigenvalue weighted by atomic mass is 16.6. The highest BCUT2D eigenvalue weighted by Gasteiger charge is 2.22. The number of nitrogens with one attached hydrogen (secondary N) is 1. The second kappa shape index (κ2) is 5.97. The van der Waals surface area contributed by atoms with Crippen molar-refractivity contribution in [3.63, 3.8) is 0 Å². The maximum atomic E-state index is 11.9. The summed E-state index contributed by atoms with van der Waals surface area (Å²) in [6, 6.07) is 3.95. The van der Waals surface area contributed by atoms with Gasteiger partial charge in [-0.15, -0.1) is 0 Å². The monoisotopic (exact) mass is 253 g/mol. The van der Waals surface area contributed by atoms with Gasteiger partial charge in [-0.1, -0.05) is 6.07 Å². The molecule has 18 heavy (non-hydrogen) atoms. The summed E-state index contributed by atoms with van der Waals surface area (Å²) < 4.78 is 4.94. The van der Waals surface area contributed by atoms with Gasteiger partial charge in [-0.25, -0.2) is 0 Å². The average molecular weight is 253 g/mol. The summed E-state index contributed by atoms with van der Waals surface area (Å²) in [7, 11) is 1.28. The Morgan fingerprint density at radius 1 is 1.61 bits per heavy atom. The number of methoxy groups -OCH3 is 1. The molecule has 0 radical (unpaired) electrons. The third kappa shape index (κ3) is 2.95. The SMILES string of the molecule is COc1c(C(=O)N[C@H](C)CN)cccc1[N+](=O)[O-]. The van der Waals surface area contributed by atoms with Crippen LogP contribution in [-0.2, 0) is 0 Å². The molecule has 98 valence electrons. The first kappa shape index (κ1) is 13.9. The molecule has 3 N–H and O–H groups in total. The third-order valence-electron chi connectivity index (χ3n) is 2.37. The summed E-state index contributed by atoms with van der Waals surface area (Å²) in [5, 5.41) is 13.4. The van der Waals surface area contributed by atoms with Crippen LogP contribution in [0.5, 0.6) is 5.75 Å². The van der Waals surface area contributed by atoms with Gasteiger partial charge in [0, 0.05) is 18.7 Å². The molecule has 1 amide bonds. The molecule has 1 aromatic carbocycles. The van der Waals surface area contributed by atoms with Crippen LogP contribution < -0.4 is 15.8 Å². The fraction of sp³-hybridized carbons (Fsp3) is 0.364. The van der Waals surface area contributed by atoms with Crippen LogP contribution in [0.4, 0.5) is 5.69 Å². The minimum atomic E-state index is -0.595. The minimum Gasteiger partial charge on any atom is -0.490 e. The van der Waals surface area contributed by atoms with E-state index in [2.05, 4.69) is 5.32 Å². The van der Waals surface area contributed by atoms with Crippen molar-refractivity contribution in [2.75, 3.05) is 13.7 Å². The second-order valence-electron chi connectivity index (χ2n) is 3.73. The first-order valence-electron chi connectivity index (χ1n) is 5.33. The van der Waals surface area contributed by atoms with Crippen molar-refractivity contribution in [1.29, 1.82) is 0 Å². The molecule has 0 heterocycles. The van der Waals surface area contributed by atoms with Crippen LogP contribution in [0, 0.1) is 10.1 Å². The van der Waals surface area contributed by atoms with E-state index in [1.807, 2.05) is 0 Å². The Morgan fingerprint density at radius 2 is 2.28 bits per heavy atom.